The van der Waals surface area contributed by atoms with Crippen LogP contribution < -0.4 is 0 Å². The molecule has 0 aliphatic rings. The van der Waals surface area contributed by atoms with E-state index < -0.39 is 0 Å². The van der Waals surface area contributed by atoms with E-state index in [1.807, 2.05) is 10.7 Å². The number of rotatable bonds is 6. The van der Waals surface area contributed by atoms with E-state index in [1.54, 1.807) is 7.11 Å². The molecule has 0 atom stereocenters. The Bertz CT molecular complexity index is 502. The zero-order valence-electron chi connectivity index (χ0n) is 11.1. The molecule has 2 aromatic rings. The molecule has 0 saturated heterocycles. The van der Waals surface area contributed by atoms with Gasteiger partial charge in [-0.25, -0.2) is 0 Å². The van der Waals surface area contributed by atoms with Gasteiger partial charge in [-0.3, -0.25) is 4.68 Å². The van der Waals surface area contributed by atoms with Crippen LogP contribution in [0.5, 0.6) is 0 Å². The summed E-state index contributed by atoms with van der Waals surface area (Å²) in [6, 6.07) is 4.06. The van der Waals surface area contributed by atoms with Crippen molar-refractivity contribution in [3.05, 3.63) is 35.0 Å². The van der Waals surface area contributed by atoms with E-state index in [-0.39, 0.29) is 0 Å². The zero-order chi connectivity index (χ0) is 13.0. The van der Waals surface area contributed by atoms with Gasteiger partial charge < -0.3 is 9.26 Å². The fourth-order valence-electron chi connectivity index (χ4n) is 1.90. The van der Waals surface area contributed by atoms with Crippen molar-refractivity contribution in [2.45, 2.75) is 39.8 Å². The molecule has 0 amide bonds. The summed E-state index contributed by atoms with van der Waals surface area (Å²) in [5.41, 5.74) is 3.22. The van der Waals surface area contributed by atoms with Crippen molar-refractivity contribution in [1.29, 1.82) is 0 Å². The SMILES string of the molecule is CCc1cc(CC)n(Cc2cc(COC)on2)n1. The van der Waals surface area contributed by atoms with Gasteiger partial charge >= 0.3 is 0 Å². The minimum atomic E-state index is 0.451. The van der Waals surface area contributed by atoms with Crippen LogP contribution in [-0.2, 0) is 30.7 Å². The van der Waals surface area contributed by atoms with Crippen LogP contribution in [0.15, 0.2) is 16.7 Å². The van der Waals surface area contributed by atoms with Crippen LogP contribution >= 0.6 is 0 Å². The number of aryl methyl sites for hydroxylation is 2. The molecule has 5 nitrogen and oxygen atoms in total. The van der Waals surface area contributed by atoms with Crippen LogP contribution in [0.1, 0.15) is 36.7 Å². The number of ether oxygens (including phenoxy) is 1. The molecule has 5 heteroatoms. The fourth-order valence-corrected chi connectivity index (χ4v) is 1.90. The smallest absolute Gasteiger partial charge is 0.162 e. The minimum absolute atomic E-state index is 0.451. The van der Waals surface area contributed by atoms with Crippen LogP contribution in [0.4, 0.5) is 0 Å². The number of aromatic nitrogens is 3. The van der Waals surface area contributed by atoms with Crippen molar-refractivity contribution in [2.24, 2.45) is 0 Å². The van der Waals surface area contributed by atoms with E-state index in [1.165, 1.54) is 5.69 Å². The van der Waals surface area contributed by atoms with Crippen LogP contribution in [0.3, 0.4) is 0 Å². The average molecular weight is 249 g/mol. The number of hydrogen-bond donors (Lipinski definition) is 0. The van der Waals surface area contributed by atoms with Crippen molar-refractivity contribution in [3.8, 4) is 0 Å². The molecule has 0 saturated carbocycles. The summed E-state index contributed by atoms with van der Waals surface area (Å²) in [5, 5.41) is 8.58. The van der Waals surface area contributed by atoms with Gasteiger partial charge in [0.15, 0.2) is 5.76 Å². The summed E-state index contributed by atoms with van der Waals surface area (Å²) < 4.78 is 12.2. The minimum Gasteiger partial charge on any atom is -0.377 e. The molecule has 0 N–H and O–H groups in total. The van der Waals surface area contributed by atoms with Gasteiger partial charge in [-0.2, -0.15) is 5.10 Å². The Labute approximate surface area is 107 Å². The maximum Gasteiger partial charge on any atom is 0.162 e. The molecule has 0 fully saturated rings. The molecule has 0 unspecified atom stereocenters. The summed E-state index contributed by atoms with van der Waals surface area (Å²) in [5.74, 6) is 0.744. The maximum absolute atomic E-state index is 5.17. The van der Waals surface area contributed by atoms with E-state index in [0.717, 1.165) is 30.0 Å². The van der Waals surface area contributed by atoms with Crippen LogP contribution in [-0.4, -0.2) is 22.0 Å². The van der Waals surface area contributed by atoms with Crippen LogP contribution in [0.2, 0.25) is 0 Å². The number of hydrogen-bond acceptors (Lipinski definition) is 4. The van der Waals surface area contributed by atoms with Gasteiger partial charge in [-0.15, -0.1) is 0 Å². The second-order valence-electron chi connectivity index (χ2n) is 4.21. The predicted molar refractivity (Wildman–Crippen MR) is 67.3 cm³/mol. The first-order valence-corrected chi connectivity index (χ1v) is 6.25. The highest BCUT2D eigenvalue weighted by Gasteiger charge is 2.09. The van der Waals surface area contributed by atoms with Crippen molar-refractivity contribution in [2.75, 3.05) is 7.11 Å². The first-order chi connectivity index (χ1) is 8.76. The Morgan fingerprint density at radius 3 is 2.72 bits per heavy atom. The van der Waals surface area contributed by atoms with Gasteiger partial charge in [-0.1, -0.05) is 19.0 Å². The Balaban J connectivity index is 2.14. The van der Waals surface area contributed by atoms with Crippen LogP contribution in [0.25, 0.3) is 0 Å². The number of nitrogens with zero attached hydrogens (tertiary/aromatic N) is 3. The highest BCUT2D eigenvalue weighted by Crippen LogP contribution is 2.11. The molecule has 2 aromatic heterocycles. The molecular formula is C13H19N3O2. The summed E-state index contributed by atoms with van der Waals surface area (Å²) in [6.45, 7) is 5.34. The lowest BCUT2D eigenvalue weighted by Crippen LogP contribution is -2.06. The largest absolute Gasteiger partial charge is 0.377 e. The van der Waals surface area contributed by atoms with E-state index in [2.05, 4.69) is 30.2 Å². The molecular weight excluding hydrogens is 230 g/mol. The second kappa shape index (κ2) is 5.82. The number of methoxy groups -OCH3 is 1. The monoisotopic (exact) mass is 249 g/mol. The topological polar surface area (TPSA) is 53.1 Å². The lowest BCUT2D eigenvalue weighted by Gasteiger charge is -2.02. The summed E-state index contributed by atoms with van der Waals surface area (Å²) in [4.78, 5) is 0. The molecule has 0 aliphatic heterocycles. The lowest BCUT2D eigenvalue weighted by atomic mass is 10.2. The highest BCUT2D eigenvalue weighted by molar-refractivity contribution is 5.13. The van der Waals surface area contributed by atoms with Gasteiger partial charge in [0.25, 0.3) is 0 Å². The summed E-state index contributed by atoms with van der Waals surface area (Å²) in [6.07, 6.45) is 1.92. The van der Waals surface area contributed by atoms with Crippen molar-refractivity contribution < 1.29 is 9.26 Å². The molecule has 2 rings (SSSR count). The summed E-state index contributed by atoms with van der Waals surface area (Å²) >= 11 is 0. The third-order valence-corrected chi connectivity index (χ3v) is 2.84. The van der Waals surface area contributed by atoms with Gasteiger partial charge in [0.1, 0.15) is 12.3 Å². The zero-order valence-corrected chi connectivity index (χ0v) is 11.1. The Kier molecular flexibility index (Phi) is 4.15. The molecule has 18 heavy (non-hydrogen) atoms. The lowest BCUT2D eigenvalue weighted by molar-refractivity contribution is 0.155. The second-order valence-corrected chi connectivity index (χ2v) is 4.21. The van der Waals surface area contributed by atoms with Crippen molar-refractivity contribution >= 4 is 0 Å². The normalized spacial score (nSPS) is 11.1. The third kappa shape index (κ3) is 2.79. The van der Waals surface area contributed by atoms with Crippen molar-refractivity contribution in [3.63, 3.8) is 0 Å². The highest BCUT2D eigenvalue weighted by atomic mass is 16.5. The summed E-state index contributed by atoms with van der Waals surface area (Å²) in [7, 11) is 1.64. The molecule has 98 valence electrons. The standard InChI is InChI=1S/C13H19N3O2/c1-4-10-6-12(5-2)16(14-10)8-11-7-13(9-17-3)18-15-11/h6-7H,4-5,8-9H2,1-3H3. The Morgan fingerprint density at radius 2 is 2.06 bits per heavy atom. The van der Waals surface area contributed by atoms with E-state index in [9.17, 15) is 0 Å². The van der Waals surface area contributed by atoms with Gasteiger partial charge in [0.2, 0.25) is 0 Å². The Hall–Kier alpha value is -1.62. The molecule has 0 radical (unpaired) electrons. The molecule has 0 aliphatic carbocycles. The van der Waals surface area contributed by atoms with E-state index in [4.69, 9.17) is 9.26 Å². The molecule has 0 bridgehead atoms. The van der Waals surface area contributed by atoms with Crippen LogP contribution in [0, 0.1) is 0 Å². The maximum atomic E-state index is 5.17. The van der Waals surface area contributed by atoms with E-state index in [0.29, 0.717) is 13.2 Å². The first kappa shape index (κ1) is 12.8. The quantitative estimate of drug-likeness (QED) is 0.787. The van der Waals surface area contributed by atoms with Gasteiger partial charge in [0.05, 0.1) is 12.2 Å². The molecule has 0 spiro atoms. The average Bonchev–Trinajstić information content (AvgIpc) is 2.97. The molecule has 0 aromatic carbocycles. The van der Waals surface area contributed by atoms with E-state index >= 15 is 0 Å². The first-order valence-electron chi connectivity index (χ1n) is 6.25. The third-order valence-electron chi connectivity index (χ3n) is 2.84. The van der Waals surface area contributed by atoms with Crippen molar-refractivity contribution in [1.82, 2.24) is 14.9 Å². The predicted octanol–water partition coefficient (Wildman–Crippen LogP) is 2.19. The fraction of sp³-hybridized carbons (Fsp3) is 0.538. The molecule has 2 heterocycles. The Morgan fingerprint density at radius 1 is 1.22 bits per heavy atom. The van der Waals surface area contributed by atoms with Gasteiger partial charge in [0, 0.05) is 18.9 Å². The van der Waals surface area contributed by atoms with Gasteiger partial charge in [-0.05, 0) is 18.9 Å².